The largest absolute Gasteiger partial charge is 0.365 e. The summed E-state index contributed by atoms with van der Waals surface area (Å²) in [6, 6.07) is 29.9. The summed E-state index contributed by atoms with van der Waals surface area (Å²) < 4.78 is 0. The van der Waals surface area contributed by atoms with Crippen LogP contribution < -0.4 is 10.7 Å². The van der Waals surface area contributed by atoms with Crippen LogP contribution in [-0.2, 0) is 4.79 Å². The summed E-state index contributed by atoms with van der Waals surface area (Å²) in [5.74, 6) is -0.736. The van der Waals surface area contributed by atoms with E-state index in [0.29, 0.717) is 0 Å². The first-order valence-corrected chi connectivity index (χ1v) is 10.3. The fourth-order valence-electron chi connectivity index (χ4n) is 3.61. The van der Waals surface area contributed by atoms with Crippen LogP contribution in [0, 0.1) is 11.3 Å². The minimum atomic E-state index is -0.736. The molecule has 0 radical (unpaired) electrons. The first kappa shape index (κ1) is 20.8. The molecule has 4 rings (SSSR count). The molecular formula is C27H22N4O. The van der Waals surface area contributed by atoms with Gasteiger partial charge < -0.3 is 5.73 Å². The maximum absolute atomic E-state index is 11.3. The Labute approximate surface area is 187 Å². The van der Waals surface area contributed by atoms with Gasteiger partial charge in [0, 0.05) is 6.42 Å². The maximum Gasteiger partial charge on any atom is 0.259 e. The highest BCUT2D eigenvalue weighted by Gasteiger charge is 2.28. The normalized spacial score (nSPS) is 16.1. The molecule has 3 aromatic rings. The lowest BCUT2D eigenvalue weighted by atomic mass is 10.0. The van der Waals surface area contributed by atoms with E-state index in [1.54, 1.807) is 0 Å². The molecule has 0 fully saturated rings. The van der Waals surface area contributed by atoms with Crippen LogP contribution in [0.1, 0.15) is 29.2 Å². The number of primary amides is 1. The zero-order chi connectivity index (χ0) is 22.3. The summed E-state index contributed by atoms with van der Waals surface area (Å²) in [6.45, 7) is 0. The summed E-state index contributed by atoms with van der Waals surface area (Å²) in [6.07, 6.45) is 6.41. The van der Waals surface area contributed by atoms with E-state index in [4.69, 9.17) is 16.1 Å². The number of nitrogens with zero attached hydrogens (tertiary/aromatic N) is 3. The number of amides is 1. The molecule has 32 heavy (non-hydrogen) atoms. The van der Waals surface area contributed by atoms with Crippen LogP contribution >= 0.6 is 0 Å². The average Bonchev–Trinajstić information content (AvgIpc) is 3.27. The van der Waals surface area contributed by atoms with Crippen LogP contribution in [0.3, 0.4) is 0 Å². The minimum absolute atomic E-state index is 0.0764. The zero-order valence-corrected chi connectivity index (χ0v) is 17.4. The van der Waals surface area contributed by atoms with Crippen molar-refractivity contribution in [3.05, 3.63) is 113 Å². The average molecular weight is 419 g/mol. The Balaban J connectivity index is 1.63. The molecule has 1 amide bonds. The first-order chi connectivity index (χ1) is 15.6. The van der Waals surface area contributed by atoms with Crippen LogP contribution in [0.25, 0.3) is 12.2 Å². The van der Waals surface area contributed by atoms with Gasteiger partial charge in [0.15, 0.2) is 0 Å². The predicted molar refractivity (Wildman–Crippen MR) is 128 cm³/mol. The third-order valence-electron chi connectivity index (χ3n) is 5.24. The van der Waals surface area contributed by atoms with Gasteiger partial charge in [-0.25, -0.2) is 0 Å². The van der Waals surface area contributed by atoms with Gasteiger partial charge in [0.25, 0.3) is 5.91 Å². The van der Waals surface area contributed by atoms with E-state index in [9.17, 15) is 4.79 Å². The highest BCUT2D eigenvalue weighted by Crippen LogP contribution is 2.35. The molecule has 0 spiro atoms. The van der Waals surface area contributed by atoms with Crippen molar-refractivity contribution in [1.29, 1.82) is 5.26 Å². The molecule has 0 saturated heterocycles. The molecule has 1 aliphatic rings. The molecule has 2 N–H and O–H groups in total. The number of nitrogens with two attached hydrogens (primary N) is 1. The van der Waals surface area contributed by atoms with Gasteiger partial charge in [0.1, 0.15) is 11.6 Å². The second-order valence-corrected chi connectivity index (χ2v) is 7.44. The fourth-order valence-corrected chi connectivity index (χ4v) is 3.61. The van der Waals surface area contributed by atoms with Crippen molar-refractivity contribution in [1.82, 2.24) is 0 Å². The minimum Gasteiger partial charge on any atom is -0.365 e. The summed E-state index contributed by atoms with van der Waals surface area (Å²) in [4.78, 5) is 11.3. The number of benzene rings is 3. The van der Waals surface area contributed by atoms with Crippen LogP contribution in [0.15, 0.2) is 102 Å². The van der Waals surface area contributed by atoms with E-state index in [1.807, 2.05) is 71.7 Å². The number of allylic oxidation sites excluding steroid dienone is 1. The molecule has 1 aliphatic heterocycles. The Hall–Kier alpha value is -4.43. The van der Waals surface area contributed by atoms with Gasteiger partial charge in [-0.3, -0.25) is 9.80 Å². The van der Waals surface area contributed by atoms with Crippen LogP contribution in [-0.4, -0.2) is 11.6 Å². The van der Waals surface area contributed by atoms with Gasteiger partial charge in [-0.1, -0.05) is 78.9 Å². The number of anilines is 1. The number of hydrazone groups is 1. The molecule has 0 aromatic heterocycles. The van der Waals surface area contributed by atoms with Gasteiger partial charge in [-0.05, 0) is 41.0 Å². The molecular weight excluding hydrogens is 396 g/mol. The molecule has 1 atom stereocenters. The number of hydrogen-bond donors (Lipinski definition) is 1. The lowest BCUT2D eigenvalue weighted by molar-refractivity contribution is -0.114. The van der Waals surface area contributed by atoms with Gasteiger partial charge in [-0.15, -0.1) is 0 Å². The van der Waals surface area contributed by atoms with Crippen molar-refractivity contribution in [2.45, 2.75) is 12.5 Å². The SMILES string of the molecule is N#C/C(=C\c1ccc(N2N=C(C=Cc3ccccc3)CC2c2ccccc2)cc1)C(N)=O. The van der Waals surface area contributed by atoms with Crippen molar-refractivity contribution < 1.29 is 4.79 Å². The van der Waals surface area contributed by atoms with Gasteiger partial charge in [0.2, 0.25) is 0 Å². The number of hydrogen-bond acceptors (Lipinski definition) is 4. The molecule has 5 heteroatoms. The molecule has 3 aromatic carbocycles. The van der Waals surface area contributed by atoms with E-state index in [2.05, 4.69) is 36.4 Å². The standard InChI is InChI=1S/C27H22N4O/c28-19-23(27(29)32)17-21-12-15-25(16-13-21)31-26(22-9-5-2-6-10-22)18-24(30-31)14-11-20-7-3-1-4-8-20/h1-17,26H,18H2,(H2,29,32)/b14-11?,23-17+. The quantitative estimate of drug-likeness (QED) is 0.447. The Bertz CT molecular complexity index is 1220. The second kappa shape index (κ2) is 9.59. The topological polar surface area (TPSA) is 82.5 Å². The molecule has 5 nitrogen and oxygen atoms in total. The van der Waals surface area contributed by atoms with Crippen molar-refractivity contribution in [2.75, 3.05) is 5.01 Å². The van der Waals surface area contributed by atoms with E-state index < -0.39 is 5.91 Å². The second-order valence-electron chi connectivity index (χ2n) is 7.44. The molecule has 156 valence electrons. The Morgan fingerprint density at radius 3 is 2.22 bits per heavy atom. The summed E-state index contributed by atoms with van der Waals surface area (Å²) in [5.41, 5.74) is 10.1. The summed E-state index contributed by atoms with van der Waals surface area (Å²) in [7, 11) is 0. The van der Waals surface area contributed by atoms with Crippen LogP contribution in [0.4, 0.5) is 5.69 Å². The first-order valence-electron chi connectivity index (χ1n) is 10.3. The van der Waals surface area contributed by atoms with Crippen LogP contribution in [0.5, 0.6) is 0 Å². The van der Waals surface area contributed by atoms with Crippen molar-refractivity contribution >= 4 is 29.5 Å². The molecule has 0 saturated carbocycles. The molecule has 1 heterocycles. The third kappa shape index (κ3) is 4.82. The van der Waals surface area contributed by atoms with E-state index in [-0.39, 0.29) is 11.6 Å². The van der Waals surface area contributed by atoms with Crippen molar-refractivity contribution in [2.24, 2.45) is 10.8 Å². The third-order valence-corrected chi connectivity index (χ3v) is 5.24. The number of carbonyl (C=O) groups excluding carboxylic acids is 1. The van der Waals surface area contributed by atoms with E-state index >= 15 is 0 Å². The van der Waals surface area contributed by atoms with Crippen molar-refractivity contribution in [3.8, 4) is 6.07 Å². The highest BCUT2D eigenvalue weighted by molar-refractivity contribution is 6.01. The fraction of sp³-hybridized carbons (Fsp3) is 0.0741. The lowest BCUT2D eigenvalue weighted by Gasteiger charge is -2.24. The number of nitriles is 1. The lowest BCUT2D eigenvalue weighted by Crippen LogP contribution is -2.18. The number of carbonyl (C=O) groups is 1. The number of rotatable bonds is 6. The Kier molecular flexibility index (Phi) is 6.24. The molecule has 0 aliphatic carbocycles. The van der Waals surface area contributed by atoms with E-state index in [1.165, 1.54) is 11.6 Å². The molecule has 0 bridgehead atoms. The Morgan fingerprint density at radius 2 is 1.59 bits per heavy atom. The Morgan fingerprint density at radius 1 is 0.938 bits per heavy atom. The zero-order valence-electron chi connectivity index (χ0n) is 17.4. The maximum atomic E-state index is 11.3. The summed E-state index contributed by atoms with van der Waals surface area (Å²) in [5, 5.41) is 16.0. The summed E-state index contributed by atoms with van der Waals surface area (Å²) >= 11 is 0. The van der Waals surface area contributed by atoms with Gasteiger partial charge in [0.05, 0.1) is 17.4 Å². The highest BCUT2D eigenvalue weighted by atomic mass is 16.1. The van der Waals surface area contributed by atoms with Crippen molar-refractivity contribution in [3.63, 3.8) is 0 Å². The van der Waals surface area contributed by atoms with Gasteiger partial charge in [-0.2, -0.15) is 10.4 Å². The monoisotopic (exact) mass is 418 g/mol. The predicted octanol–water partition coefficient (Wildman–Crippen LogP) is 5.10. The van der Waals surface area contributed by atoms with E-state index in [0.717, 1.165) is 28.9 Å². The van der Waals surface area contributed by atoms with Crippen LogP contribution in [0.2, 0.25) is 0 Å². The molecule has 1 unspecified atom stereocenters. The van der Waals surface area contributed by atoms with Gasteiger partial charge >= 0.3 is 0 Å². The smallest absolute Gasteiger partial charge is 0.259 e.